The van der Waals surface area contributed by atoms with Gasteiger partial charge in [-0.2, -0.15) is 16.8 Å². The van der Waals surface area contributed by atoms with Crippen molar-refractivity contribution in [3.05, 3.63) is 121 Å². The predicted molar refractivity (Wildman–Crippen MR) is 194 cm³/mol. The van der Waals surface area contributed by atoms with Gasteiger partial charge in [-0.15, -0.1) is 0 Å². The van der Waals surface area contributed by atoms with Crippen LogP contribution in [0.2, 0.25) is 0 Å². The van der Waals surface area contributed by atoms with Gasteiger partial charge in [-0.25, -0.2) is 13.4 Å². The van der Waals surface area contributed by atoms with E-state index in [-0.39, 0.29) is 49.4 Å². The molecular formula is C35H31N3O11S3. The molecule has 4 N–H and O–H groups in total. The summed E-state index contributed by atoms with van der Waals surface area (Å²) in [6.07, 6.45) is 0. The van der Waals surface area contributed by atoms with E-state index in [1.54, 1.807) is 24.3 Å². The Bertz CT molecular complexity index is 2980. The maximum Gasteiger partial charge on any atom is 0.296 e. The van der Waals surface area contributed by atoms with Crippen LogP contribution < -0.4 is 21.5 Å². The molecule has 0 radical (unpaired) electrons. The number of fused-ring (bicyclic) bond motifs is 2. The van der Waals surface area contributed by atoms with Crippen LogP contribution in [-0.4, -0.2) is 74.7 Å². The van der Waals surface area contributed by atoms with E-state index in [0.717, 1.165) is 24.3 Å². The quantitative estimate of drug-likeness (QED) is 0.139. The van der Waals surface area contributed by atoms with Crippen LogP contribution >= 0.6 is 0 Å². The van der Waals surface area contributed by atoms with Gasteiger partial charge in [0.2, 0.25) is 0 Å². The Kier molecular flexibility index (Phi) is 9.54. The second-order valence-electron chi connectivity index (χ2n) is 11.9. The van der Waals surface area contributed by atoms with Gasteiger partial charge in [0.25, 0.3) is 25.8 Å². The smallest absolute Gasteiger partial charge is 0.296 e. The Labute approximate surface area is 297 Å². The van der Waals surface area contributed by atoms with E-state index in [4.69, 9.17) is 0 Å². The molecule has 0 saturated carbocycles. The Morgan fingerprint density at radius 2 is 1.37 bits per heavy atom. The van der Waals surface area contributed by atoms with E-state index in [2.05, 4.69) is 10.3 Å². The number of sulfone groups is 1. The molecule has 0 amide bonds. The molecule has 0 saturated heterocycles. The fraction of sp³-hybridized carbons (Fsp3) is 0.171. The van der Waals surface area contributed by atoms with Crippen LogP contribution in [0.5, 0.6) is 0 Å². The number of aliphatic hydroxyl groups excluding tert-OH is 1. The van der Waals surface area contributed by atoms with Crippen molar-refractivity contribution in [3.8, 4) is 0 Å². The maximum absolute atomic E-state index is 14.3. The molecule has 6 rings (SSSR count). The van der Waals surface area contributed by atoms with Crippen molar-refractivity contribution in [2.45, 2.75) is 28.5 Å². The molecule has 0 bridgehead atoms. The van der Waals surface area contributed by atoms with Gasteiger partial charge in [0, 0.05) is 27.9 Å². The number of rotatable bonds is 11. The van der Waals surface area contributed by atoms with E-state index in [9.17, 15) is 49.1 Å². The first-order valence-electron chi connectivity index (χ1n) is 15.8. The van der Waals surface area contributed by atoms with Gasteiger partial charge in [-0.05, 0) is 42.7 Å². The standard InChI is InChI=1S/C35H31N3O11S3/c1-3-38(4-2)16-17-50(42,43)21-14-15-26(51(44,45)46)24(18-21)36-25-19-27(52(47,48)49)32-30-28(22-12-8-9-13-23(22)34(40)29(25)30)31(35(41)37-32)33(39)20-10-6-5-7-11-20/h5-15,18-19,36,39H,3-4,16-17H2,1-2H3,(H,44,45,46)(H,47,48,49). The minimum atomic E-state index is -5.24. The molecule has 1 aliphatic heterocycles. The summed E-state index contributed by atoms with van der Waals surface area (Å²) in [6.45, 7) is 5.03. The highest BCUT2D eigenvalue weighted by molar-refractivity contribution is 7.91. The summed E-state index contributed by atoms with van der Waals surface area (Å²) in [6, 6.07) is 17.4. The Balaban J connectivity index is 1.78. The van der Waals surface area contributed by atoms with E-state index in [1.807, 2.05) is 18.7 Å². The third-order valence-electron chi connectivity index (χ3n) is 8.85. The highest BCUT2D eigenvalue weighted by Gasteiger charge is 2.27. The lowest BCUT2D eigenvalue weighted by Gasteiger charge is -2.19. The molecule has 0 fully saturated rings. The van der Waals surface area contributed by atoms with Crippen molar-refractivity contribution in [1.29, 1.82) is 0 Å². The number of hydrogen-bond donors (Lipinski definition) is 4. The number of benzene rings is 4. The molecule has 4 aromatic rings. The van der Waals surface area contributed by atoms with Gasteiger partial charge in [-0.3, -0.25) is 18.7 Å². The molecule has 1 aliphatic carbocycles. The zero-order valence-corrected chi connectivity index (χ0v) is 30.0. The van der Waals surface area contributed by atoms with Crippen molar-refractivity contribution in [3.63, 3.8) is 0 Å². The van der Waals surface area contributed by atoms with Gasteiger partial charge in [0.15, 0.2) is 15.3 Å². The third-order valence-corrected chi connectivity index (χ3v) is 12.3. The van der Waals surface area contributed by atoms with Crippen LogP contribution in [-0.2, 0) is 30.1 Å². The molecule has 0 unspecified atom stereocenters. The van der Waals surface area contributed by atoms with Crippen molar-refractivity contribution in [2.24, 2.45) is 0 Å². The van der Waals surface area contributed by atoms with Crippen LogP contribution in [0.1, 0.15) is 19.4 Å². The summed E-state index contributed by atoms with van der Waals surface area (Å²) >= 11 is 0. The molecule has 52 heavy (non-hydrogen) atoms. The molecule has 0 atom stereocenters. The number of nitrogens with one attached hydrogen (secondary N) is 1. The third kappa shape index (κ3) is 6.57. The molecule has 4 aromatic carbocycles. The van der Waals surface area contributed by atoms with Gasteiger partial charge >= 0.3 is 0 Å². The number of hydrogen-bond acceptors (Lipinski definition) is 12. The molecule has 0 spiro atoms. The lowest BCUT2D eigenvalue weighted by Crippen LogP contribution is -2.33. The van der Waals surface area contributed by atoms with E-state index in [1.165, 1.54) is 30.3 Å². The Morgan fingerprint density at radius 3 is 1.98 bits per heavy atom. The highest BCUT2D eigenvalue weighted by atomic mass is 32.2. The summed E-state index contributed by atoms with van der Waals surface area (Å²) in [5, 5.41) is 13.1. The monoisotopic (exact) mass is 765 g/mol. The van der Waals surface area contributed by atoms with Crippen LogP contribution in [0.3, 0.4) is 0 Å². The summed E-state index contributed by atoms with van der Waals surface area (Å²) in [7, 11) is -14.4. The van der Waals surface area contributed by atoms with Gasteiger partial charge in [-0.1, -0.05) is 68.4 Å². The second kappa shape index (κ2) is 13.5. The van der Waals surface area contributed by atoms with E-state index >= 15 is 0 Å². The molecular weight excluding hydrogens is 735 g/mol. The van der Waals surface area contributed by atoms with E-state index < -0.39 is 78.7 Å². The first-order chi connectivity index (χ1) is 24.5. The first-order valence-corrected chi connectivity index (χ1v) is 20.3. The van der Waals surface area contributed by atoms with Crippen molar-refractivity contribution in [2.75, 3.05) is 30.7 Å². The fourth-order valence-electron chi connectivity index (χ4n) is 6.26. The minimum Gasteiger partial charge on any atom is -0.506 e. The maximum atomic E-state index is 14.3. The number of nitrogens with zero attached hydrogens (tertiary/aromatic N) is 2. The molecule has 17 heteroatoms. The first kappa shape index (κ1) is 36.7. The molecule has 0 aromatic heterocycles. The predicted octanol–water partition coefficient (Wildman–Crippen LogP) is 3.06. The van der Waals surface area contributed by atoms with Crippen LogP contribution in [0, 0.1) is 10.4 Å². The van der Waals surface area contributed by atoms with Crippen LogP contribution in [0.4, 0.5) is 11.4 Å². The van der Waals surface area contributed by atoms with Crippen LogP contribution in [0.15, 0.2) is 103 Å². The Hall–Kier alpha value is -5.04. The SMILES string of the molecule is CCN(CC)CCS(=O)(=O)c1ccc(S(=O)(=O)O)c(Nc2cc(S(=O)(=O)O)c3nc(=O)c(=C(O)c4ccccc4)c4c5ccccc5c(=O)c2c3=4)c1. The van der Waals surface area contributed by atoms with E-state index in [0.29, 0.717) is 13.1 Å². The fourth-order valence-corrected chi connectivity index (χ4v) is 8.86. The second-order valence-corrected chi connectivity index (χ2v) is 16.7. The molecule has 2 aliphatic rings. The minimum absolute atomic E-state index is 0.00871. The number of aromatic nitrogens is 1. The van der Waals surface area contributed by atoms with Crippen molar-refractivity contribution in [1.82, 2.24) is 9.88 Å². The highest BCUT2D eigenvalue weighted by Crippen LogP contribution is 2.34. The zero-order valence-electron chi connectivity index (χ0n) is 27.6. The largest absolute Gasteiger partial charge is 0.506 e. The summed E-state index contributed by atoms with van der Waals surface area (Å²) in [5.41, 5.74) is -3.26. The zero-order chi connectivity index (χ0) is 37.7. The van der Waals surface area contributed by atoms with Gasteiger partial charge in [0.1, 0.15) is 15.6 Å². The molecule has 14 nitrogen and oxygen atoms in total. The summed E-state index contributed by atoms with van der Waals surface area (Å²) < 4.78 is 98.2. The van der Waals surface area contributed by atoms with Gasteiger partial charge < -0.3 is 15.3 Å². The number of aliphatic hydroxyl groups is 1. The normalized spacial score (nSPS) is 13.3. The molecule has 1 heterocycles. The molecule has 270 valence electrons. The number of anilines is 2. The van der Waals surface area contributed by atoms with Gasteiger partial charge in [0.05, 0.1) is 38.1 Å². The average molecular weight is 766 g/mol. The topological polar surface area (TPSA) is 225 Å². The Morgan fingerprint density at radius 1 is 0.750 bits per heavy atom. The average Bonchev–Trinajstić information content (AvgIpc) is 3.10. The van der Waals surface area contributed by atoms with Crippen LogP contribution in [0.25, 0.3) is 27.4 Å². The van der Waals surface area contributed by atoms with Crippen molar-refractivity contribution >= 4 is 68.9 Å². The lowest BCUT2D eigenvalue weighted by atomic mass is 9.96. The van der Waals surface area contributed by atoms with Crippen molar-refractivity contribution < 1.29 is 39.5 Å². The summed E-state index contributed by atoms with van der Waals surface area (Å²) in [5.74, 6) is -0.896. The lowest BCUT2D eigenvalue weighted by molar-refractivity contribution is 0.321. The summed E-state index contributed by atoms with van der Waals surface area (Å²) in [4.78, 5) is 31.7.